The highest BCUT2D eigenvalue weighted by atomic mass is 35.5. The molecule has 0 aromatic heterocycles. The van der Waals surface area contributed by atoms with E-state index in [4.69, 9.17) is 21.1 Å². The summed E-state index contributed by atoms with van der Waals surface area (Å²) in [6.45, 7) is 12.9. The van der Waals surface area contributed by atoms with Crippen molar-refractivity contribution in [2.45, 2.75) is 82.7 Å². The highest BCUT2D eigenvalue weighted by Gasteiger charge is 2.75. The molecule has 2 bridgehead atoms. The number of carbonyl (C=O) groups is 4. The van der Waals surface area contributed by atoms with Crippen LogP contribution in [0.4, 0.5) is 5.69 Å². The van der Waals surface area contributed by atoms with Crippen molar-refractivity contribution in [2.24, 2.45) is 17.8 Å². The lowest BCUT2D eigenvalue weighted by Crippen LogP contribution is -2.60. The normalized spacial score (nSPS) is 25.4. The van der Waals surface area contributed by atoms with Gasteiger partial charge in [0.25, 0.3) is 5.91 Å². The zero-order valence-electron chi connectivity index (χ0n) is 29.1. The molecule has 2 N–H and O–H groups in total. The van der Waals surface area contributed by atoms with Crippen LogP contribution in [0, 0.1) is 24.7 Å². The van der Waals surface area contributed by atoms with E-state index in [2.05, 4.69) is 18.5 Å². The van der Waals surface area contributed by atoms with Gasteiger partial charge in [0.2, 0.25) is 11.8 Å². The summed E-state index contributed by atoms with van der Waals surface area (Å²) in [5.41, 5.74) is 0.696. The Kier molecular flexibility index (Phi) is 11.9. The van der Waals surface area contributed by atoms with E-state index in [1.54, 1.807) is 24.3 Å². The third-order valence-corrected chi connectivity index (χ3v) is 10.9. The molecular weight excluding hydrogens is 658 g/mol. The molecule has 5 rings (SSSR count). The Hall–Kier alpha value is -3.99. The van der Waals surface area contributed by atoms with Crippen molar-refractivity contribution >= 4 is 41.0 Å². The van der Waals surface area contributed by atoms with Gasteiger partial charge in [-0.1, -0.05) is 86.5 Å². The Bertz CT molecular complexity index is 1580. The minimum Gasteiger partial charge on any atom is -0.463 e. The molecule has 0 radical (unpaired) electrons. The van der Waals surface area contributed by atoms with Gasteiger partial charge in [0.05, 0.1) is 47.3 Å². The lowest BCUT2D eigenvalue weighted by Gasteiger charge is -2.41. The van der Waals surface area contributed by atoms with E-state index in [1.807, 2.05) is 57.2 Å². The fourth-order valence-corrected chi connectivity index (χ4v) is 8.34. The number of hydrogen-bond donors (Lipinski definition) is 2. The summed E-state index contributed by atoms with van der Waals surface area (Å²) in [6, 6.07) is 12.0. The van der Waals surface area contributed by atoms with Crippen LogP contribution >= 0.6 is 11.6 Å². The molecule has 50 heavy (non-hydrogen) atoms. The quantitative estimate of drug-likeness (QED) is 0.179. The van der Waals surface area contributed by atoms with Gasteiger partial charge >= 0.3 is 5.97 Å². The number of aliphatic hydroxyl groups excluding tert-OH is 1. The zero-order chi connectivity index (χ0) is 36.2. The summed E-state index contributed by atoms with van der Waals surface area (Å²) in [7, 11) is 0. The number of halogens is 1. The van der Waals surface area contributed by atoms with Gasteiger partial charge in [-0.05, 0) is 49.3 Å². The van der Waals surface area contributed by atoms with Crippen molar-refractivity contribution < 1.29 is 33.8 Å². The number of hydrogen-bond acceptors (Lipinski definition) is 7. The van der Waals surface area contributed by atoms with Gasteiger partial charge in [-0.25, -0.2) is 0 Å². The fraction of sp³-hybridized carbons (Fsp3) is 0.487. The van der Waals surface area contributed by atoms with Gasteiger partial charge < -0.3 is 29.7 Å². The maximum absolute atomic E-state index is 15.0. The molecular formula is C39H48ClN3O7. The molecule has 3 saturated heterocycles. The molecule has 1 spiro atoms. The van der Waals surface area contributed by atoms with E-state index in [9.17, 15) is 19.5 Å². The van der Waals surface area contributed by atoms with E-state index in [1.165, 1.54) is 9.80 Å². The third-order valence-electron chi connectivity index (χ3n) is 10.6. The number of para-hydroxylation sites is 1. The van der Waals surface area contributed by atoms with E-state index in [0.717, 1.165) is 11.1 Å². The molecule has 0 saturated carbocycles. The summed E-state index contributed by atoms with van der Waals surface area (Å²) in [6.07, 6.45) is 4.76. The van der Waals surface area contributed by atoms with Crippen molar-refractivity contribution in [3.63, 3.8) is 0 Å². The number of benzene rings is 2. The molecule has 2 aromatic rings. The molecule has 8 atom stereocenters. The lowest BCUT2D eigenvalue weighted by atomic mass is 9.70. The number of amides is 3. The highest BCUT2D eigenvalue weighted by Crippen LogP contribution is 2.59. The number of ether oxygens (including phenoxy) is 2. The first-order valence-electron chi connectivity index (χ1n) is 17.4. The first-order valence-corrected chi connectivity index (χ1v) is 17.8. The van der Waals surface area contributed by atoms with Gasteiger partial charge in [-0.3, -0.25) is 19.2 Å². The summed E-state index contributed by atoms with van der Waals surface area (Å²) >= 11 is 6.69. The summed E-state index contributed by atoms with van der Waals surface area (Å²) < 4.78 is 12.3. The second-order valence-electron chi connectivity index (χ2n) is 13.6. The number of nitrogens with zero attached hydrogens (tertiary/aromatic N) is 2. The molecule has 11 heteroatoms. The maximum atomic E-state index is 15.0. The molecule has 3 fully saturated rings. The van der Waals surface area contributed by atoms with Crippen molar-refractivity contribution in [1.29, 1.82) is 0 Å². The number of carbonyl (C=O) groups excluding carboxylic acids is 4. The van der Waals surface area contributed by atoms with Crippen LogP contribution in [0.15, 0.2) is 73.8 Å². The molecule has 3 heterocycles. The van der Waals surface area contributed by atoms with Crippen LogP contribution in [-0.2, 0) is 28.7 Å². The fourth-order valence-electron chi connectivity index (χ4n) is 8.02. The minimum absolute atomic E-state index is 0.102. The Morgan fingerprint density at radius 1 is 1.18 bits per heavy atom. The topological polar surface area (TPSA) is 125 Å². The number of nitrogens with one attached hydrogen (secondary N) is 1. The monoisotopic (exact) mass is 705 g/mol. The summed E-state index contributed by atoms with van der Waals surface area (Å²) in [5, 5.41) is 14.2. The Morgan fingerprint density at radius 3 is 2.56 bits per heavy atom. The van der Waals surface area contributed by atoms with Crippen molar-refractivity contribution in [2.75, 3.05) is 24.7 Å². The first-order chi connectivity index (χ1) is 24.0. The second-order valence-corrected chi connectivity index (χ2v) is 14.0. The first kappa shape index (κ1) is 37.3. The van der Waals surface area contributed by atoms with Gasteiger partial charge in [0, 0.05) is 13.0 Å². The number of anilines is 1. The second kappa shape index (κ2) is 15.9. The Labute approximate surface area is 299 Å². The van der Waals surface area contributed by atoms with Crippen LogP contribution in [0.3, 0.4) is 0 Å². The summed E-state index contributed by atoms with van der Waals surface area (Å²) in [5.74, 6) is -3.69. The molecule has 0 aliphatic carbocycles. The smallest absolute Gasteiger partial charge is 0.306 e. The van der Waals surface area contributed by atoms with Crippen LogP contribution in [-0.4, -0.2) is 77.2 Å². The number of rotatable bonds is 16. The highest BCUT2D eigenvalue weighted by molar-refractivity contribution is 6.34. The van der Waals surface area contributed by atoms with Crippen molar-refractivity contribution in [3.05, 3.63) is 90.0 Å². The number of allylic oxidation sites excluding steroid dienone is 1. The lowest BCUT2D eigenvalue weighted by molar-refractivity contribution is -0.147. The van der Waals surface area contributed by atoms with Gasteiger partial charge in [0.1, 0.15) is 18.2 Å². The number of aryl methyl sites for hydroxylation is 1. The zero-order valence-corrected chi connectivity index (χ0v) is 29.8. The molecule has 0 unspecified atom stereocenters. The van der Waals surface area contributed by atoms with Crippen LogP contribution in [0.25, 0.3) is 0 Å². The molecule has 2 aromatic carbocycles. The number of aliphatic hydroxyl groups is 1. The largest absolute Gasteiger partial charge is 0.463 e. The Balaban J connectivity index is 1.53. The SMILES string of the molecule is C=CCCC(=O)OC[C@H](NC(=O)[C@@H]1[C@@H]2CC[C@]3(O2)[C@H](C(=O)N(CC=C)c2c(C)cccc2Cl)N([C@@H](CO)[C@@H](C)CC)C(=O)[C@@H]13)c1ccccc1. The average Bonchev–Trinajstić information content (AvgIpc) is 3.76. The number of esters is 1. The van der Waals surface area contributed by atoms with Crippen molar-refractivity contribution in [3.8, 4) is 0 Å². The van der Waals surface area contributed by atoms with Crippen LogP contribution in [0.5, 0.6) is 0 Å². The Morgan fingerprint density at radius 2 is 1.92 bits per heavy atom. The van der Waals surface area contributed by atoms with Crippen LogP contribution in [0.1, 0.15) is 63.1 Å². The average molecular weight is 706 g/mol. The number of fused-ring (bicyclic) bond motifs is 1. The predicted octanol–water partition coefficient (Wildman–Crippen LogP) is 5.32. The van der Waals surface area contributed by atoms with E-state index >= 15 is 4.79 Å². The standard InChI is InChI=1S/C39H48ClN3O7/c1-6-9-18-31(45)49-23-28(26-15-11-10-12-16-26)41-36(46)32-30-19-20-39(50-30)33(32)37(47)43(29(22-44)24(4)8-3)35(39)38(48)42(21-7-2)34-25(5)14-13-17-27(34)40/h6-7,10-17,24,28-30,32-33,35,44H,1-2,8-9,18-23H2,3-5H3,(H,41,46)/t24-,28-,29-,30-,32+,33+,35-,39+/m0/s1. The maximum Gasteiger partial charge on any atom is 0.306 e. The van der Waals surface area contributed by atoms with Crippen molar-refractivity contribution in [1.82, 2.24) is 10.2 Å². The molecule has 3 aliphatic heterocycles. The molecule has 10 nitrogen and oxygen atoms in total. The minimum atomic E-state index is -1.31. The summed E-state index contributed by atoms with van der Waals surface area (Å²) in [4.78, 5) is 59.7. The molecule has 3 amide bonds. The van der Waals surface area contributed by atoms with Crippen LogP contribution in [0.2, 0.25) is 5.02 Å². The molecule has 3 aliphatic rings. The molecule has 268 valence electrons. The van der Waals surface area contributed by atoms with E-state index < -0.39 is 65.4 Å². The van der Waals surface area contributed by atoms with Crippen LogP contribution < -0.4 is 10.2 Å². The predicted molar refractivity (Wildman–Crippen MR) is 191 cm³/mol. The van der Waals surface area contributed by atoms with E-state index in [-0.39, 0.29) is 32.1 Å². The number of likely N-dealkylation sites (tertiary alicyclic amines) is 1. The van der Waals surface area contributed by atoms with Gasteiger partial charge in [0.15, 0.2) is 0 Å². The third kappa shape index (κ3) is 6.85. The van der Waals surface area contributed by atoms with Gasteiger partial charge in [-0.2, -0.15) is 0 Å². The van der Waals surface area contributed by atoms with E-state index in [0.29, 0.717) is 36.4 Å². The van der Waals surface area contributed by atoms with Gasteiger partial charge in [-0.15, -0.1) is 13.2 Å².